The van der Waals surface area contributed by atoms with Crippen LogP contribution in [0.15, 0.2) is 12.1 Å². The number of hydrogen-bond donors (Lipinski definition) is 2. The molecular weight excluding hydrogens is 227 g/mol. The standard InChI is InChI=1S/C12H13FO4/c1-17-8-3-2-7(11(16)10(8)13)12(4-5-12)6-9(14)15/h2-3,16H,4-6H2,1H3,(H,14,15). The molecule has 0 aliphatic heterocycles. The van der Waals surface area contributed by atoms with Gasteiger partial charge >= 0.3 is 5.97 Å². The van der Waals surface area contributed by atoms with Crippen LogP contribution in [-0.2, 0) is 10.2 Å². The number of carboxylic acids is 1. The number of aromatic hydroxyl groups is 1. The highest BCUT2D eigenvalue weighted by molar-refractivity contribution is 5.70. The van der Waals surface area contributed by atoms with E-state index in [1.165, 1.54) is 19.2 Å². The number of hydrogen-bond acceptors (Lipinski definition) is 3. The van der Waals surface area contributed by atoms with E-state index in [1.807, 2.05) is 0 Å². The molecule has 0 heterocycles. The van der Waals surface area contributed by atoms with Crippen molar-refractivity contribution in [3.63, 3.8) is 0 Å². The van der Waals surface area contributed by atoms with Gasteiger partial charge in [0.25, 0.3) is 0 Å². The SMILES string of the molecule is COc1ccc(C2(CC(=O)O)CC2)c(O)c1F. The van der Waals surface area contributed by atoms with E-state index in [0.29, 0.717) is 18.4 Å². The van der Waals surface area contributed by atoms with E-state index in [0.717, 1.165) is 0 Å². The van der Waals surface area contributed by atoms with Crippen molar-refractivity contribution in [1.82, 2.24) is 0 Å². The fourth-order valence-corrected chi connectivity index (χ4v) is 2.11. The molecule has 0 aromatic heterocycles. The highest BCUT2D eigenvalue weighted by Gasteiger charge is 2.48. The predicted molar refractivity (Wildman–Crippen MR) is 57.8 cm³/mol. The number of methoxy groups -OCH3 is 1. The van der Waals surface area contributed by atoms with Crippen LogP contribution >= 0.6 is 0 Å². The highest BCUT2D eigenvalue weighted by Crippen LogP contribution is 2.54. The van der Waals surface area contributed by atoms with Gasteiger partial charge in [0.15, 0.2) is 11.5 Å². The number of phenols is 1. The quantitative estimate of drug-likeness (QED) is 0.845. The summed E-state index contributed by atoms with van der Waals surface area (Å²) < 4.78 is 18.4. The maximum Gasteiger partial charge on any atom is 0.304 e. The van der Waals surface area contributed by atoms with Crippen LogP contribution in [0.25, 0.3) is 0 Å². The lowest BCUT2D eigenvalue weighted by molar-refractivity contribution is -0.137. The van der Waals surface area contributed by atoms with Gasteiger partial charge < -0.3 is 14.9 Å². The van der Waals surface area contributed by atoms with Crippen molar-refractivity contribution >= 4 is 5.97 Å². The summed E-state index contributed by atoms with van der Waals surface area (Å²) >= 11 is 0. The van der Waals surface area contributed by atoms with Crippen molar-refractivity contribution in [2.45, 2.75) is 24.7 Å². The molecular formula is C12H13FO4. The molecule has 0 unspecified atom stereocenters. The number of carboxylic acid groups (broad SMARTS) is 1. The van der Waals surface area contributed by atoms with E-state index >= 15 is 0 Å². The van der Waals surface area contributed by atoms with E-state index < -0.39 is 23.0 Å². The summed E-state index contributed by atoms with van der Waals surface area (Å²) in [6.45, 7) is 0. The van der Waals surface area contributed by atoms with Gasteiger partial charge in [-0.3, -0.25) is 4.79 Å². The number of benzene rings is 1. The molecule has 1 aromatic rings. The first kappa shape index (κ1) is 11.7. The average Bonchev–Trinajstić information content (AvgIpc) is 3.01. The topological polar surface area (TPSA) is 66.8 Å². The average molecular weight is 240 g/mol. The Kier molecular flexibility index (Phi) is 2.69. The van der Waals surface area contributed by atoms with Gasteiger partial charge in [-0.15, -0.1) is 0 Å². The molecule has 0 radical (unpaired) electrons. The fraction of sp³-hybridized carbons (Fsp3) is 0.417. The molecule has 0 saturated heterocycles. The van der Waals surface area contributed by atoms with Crippen molar-refractivity contribution in [1.29, 1.82) is 0 Å². The van der Waals surface area contributed by atoms with Crippen molar-refractivity contribution in [2.75, 3.05) is 7.11 Å². The number of ether oxygens (including phenoxy) is 1. The molecule has 0 amide bonds. The number of rotatable bonds is 4. The monoisotopic (exact) mass is 240 g/mol. The molecule has 2 N–H and O–H groups in total. The molecule has 1 fully saturated rings. The van der Waals surface area contributed by atoms with E-state index in [9.17, 15) is 14.3 Å². The molecule has 0 atom stereocenters. The predicted octanol–water partition coefficient (Wildman–Crippen LogP) is 2.05. The third kappa shape index (κ3) is 1.92. The number of carbonyl (C=O) groups is 1. The zero-order chi connectivity index (χ0) is 12.6. The normalized spacial score (nSPS) is 16.6. The number of phenolic OH excluding ortho intramolecular Hbond substituents is 1. The second-order valence-electron chi connectivity index (χ2n) is 4.33. The third-order valence-electron chi connectivity index (χ3n) is 3.22. The Morgan fingerprint density at radius 3 is 2.65 bits per heavy atom. The second-order valence-corrected chi connectivity index (χ2v) is 4.33. The van der Waals surface area contributed by atoms with Gasteiger partial charge in [-0.05, 0) is 18.9 Å². The molecule has 17 heavy (non-hydrogen) atoms. The van der Waals surface area contributed by atoms with Crippen molar-refractivity contribution in [3.05, 3.63) is 23.5 Å². The van der Waals surface area contributed by atoms with Crippen LogP contribution in [0, 0.1) is 5.82 Å². The Bertz CT molecular complexity index is 466. The zero-order valence-electron chi connectivity index (χ0n) is 9.36. The molecule has 2 rings (SSSR count). The van der Waals surface area contributed by atoms with Gasteiger partial charge in [0.05, 0.1) is 13.5 Å². The van der Waals surface area contributed by atoms with Gasteiger partial charge in [-0.2, -0.15) is 4.39 Å². The molecule has 0 spiro atoms. The molecule has 4 nitrogen and oxygen atoms in total. The lowest BCUT2D eigenvalue weighted by atomic mass is 9.91. The van der Waals surface area contributed by atoms with Gasteiger partial charge in [0, 0.05) is 11.0 Å². The first-order valence-corrected chi connectivity index (χ1v) is 5.28. The van der Waals surface area contributed by atoms with E-state index in [1.54, 1.807) is 0 Å². The first-order valence-electron chi connectivity index (χ1n) is 5.28. The van der Waals surface area contributed by atoms with E-state index in [2.05, 4.69) is 0 Å². The van der Waals surface area contributed by atoms with Gasteiger partial charge in [0.1, 0.15) is 0 Å². The Hall–Kier alpha value is -1.78. The van der Waals surface area contributed by atoms with Crippen LogP contribution in [0.4, 0.5) is 4.39 Å². The minimum Gasteiger partial charge on any atom is -0.505 e. The third-order valence-corrected chi connectivity index (χ3v) is 3.22. The minimum atomic E-state index is -0.946. The fourth-order valence-electron chi connectivity index (χ4n) is 2.11. The van der Waals surface area contributed by atoms with Crippen LogP contribution < -0.4 is 4.74 Å². The molecule has 1 aliphatic carbocycles. The Labute approximate surface area is 97.6 Å². The van der Waals surface area contributed by atoms with Crippen LogP contribution in [0.1, 0.15) is 24.8 Å². The minimum absolute atomic E-state index is 0.0441. The van der Waals surface area contributed by atoms with Gasteiger partial charge in [0.2, 0.25) is 5.82 Å². The van der Waals surface area contributed by atoms with Crippen molar-refractivity contribution in [3.8, 4) is 11.5 Å². The summed E-state index contributed by atoms with van der Waals surface area (Å²) in [5.74, 6) is -2.32. The Balaban J connectivity index is 2.40. The molecule has 1 saturated carbocycles. The second kappa shape index (κ2) is 3.91. The lowest BCUT2D eigenvalue weighted by Gasteiger charge is -2.16. The van der Waals surface area contributed by atoms with E-state index in [-0.39, 0.29) is 12.2 Å². The molecule has 5 heteroatoms. The van der Waals surface area contributed by atoms with Crippen LogP contribution in [0.3, 0.4) is 0 Å². The summed E-state index contributed by atoms with van der Waals surface area (Å²) in [4.78, 5) is 10.7. The number of aliphatic carboxylic acids is 1. The van der Waals surface area contributed by atoms with Crippen LogP contribution in [-0.4, -0.2) is 23.3 Å². The van der Waals surface area contributed by atoms with E-state index in [4.69, 9.17) is 9.84 Å². The maximum absolute atomic E-state index is 13.6. The maximum atomic E-state index is 13.6. The summed E-state index contributed by atoms with van der Waals surface area (Å²) in [7, 11) is 1.31. The summed E-state index contributed by atoms with van der Waals surface area (Å²) in [5, 5.41) is 18.6. The highest BCUT2D eigenvalue weighted by atomic mass is 19.1. The lowest BCUT2D eigenvalue weighted by Crippen LogP contribution is -2.13. The van der Waals surface area contributed by atoms with Gasteiger partial charge in [-0.25, -0.2) is 0 Å². The molecule has 0 bridgehead atoms. The first-order chi connectivity index (χ1) is 8.00. The zero-order valence-corrected chi connectivity index (χ0v) is 9.36. The summed E-state index contributed by atoms with van der Waals surface area (Å²) in [6.07, 6.45) is 1.21. The van der Waals surface area contributed by atoms with Crippen LogP contribution in [0.2, 0.25) is 0 Å². The smallest absolute Gasteiger partial charge is 0.304 e. The number of halogens is 1. The van der Waals surface area contributed by atoms with Gasteiger partial charge in [-0.1, -0.05) is 6.07 Å². The Morgan fingerprint density at radius 2 is 2.18 bits per heavy atom. The molecule has 92 valence electrons. The molecule has 1 aromatic carbocycles. The molecule has 1 aliphatic rings. The van der Waals surface area contributed by atoms with Crippen molar-refractivity contribution < 1.29 is 24.1 Å². The summed E-state index contributed by atoms with van der Waals surface area (Å²) in [6, 6.07) is 2.94. The largest absolute Gasteiger partial charge is 0.505 e. The van der Waals surface area contributed by atoms with Crippen molar-refractivity contribution in [2.24, 2.45) is 0 Å². The van der Waals surface area contributed by atoms with Crippen LogP contribution in [0.5, 0.6) is 11.5 Å². The Morgan fingerprint density at radius 1 is 1.53 bits per heavy atom. The summed E-state index contributed by atoms with van der Waals surface area (Å²) in [5.41, 5.74) is -0.249.